The molecule has 15 atom stereocenters. The number of aromatic hydroxyl groups is 1. The van der Waals surface area contributed by atoms with Crippen LogP contribution in [0.2, 0.25) is 0 Å². The number of aromatic amines is 2. The fourth-order valence-electron chi connectivity index (χ4n) is 16.4. The van der Waals surface area contributed by atoms with Crippen LogP contribution in [0.15, 0.2) is 85.2 Å². The molecule has 41 heteroatoms. The molecule has 3 saturated heterocycles. The molecule has 40 nitrogen and oxygen atoms in total. The Hall–Kier alpha value is -12.5. The number of phenolic OH excluding ortho intramolecular Hbond substituents is 1. The van der Waals surface area contributed by atoms with Crippen LogP contribution >= 0.6 is 11.8 Å². The van der Waals surface area contributed by atoms with Crippen LogP contribution in [0.4, 0.5) is 0 Å². The number of nitrogens with two attached hydrogens (primary N) is 3. The number of unbranched alkanes of at least 4 members (excludes halogenated alkanes) is 2. The van der Waals surface area contributed by atoms with Gasteiger partial charge >= 0.3 is 0 Å². The van der Waals surface area contributed by atoms with Crippen LogP contribution in [0.25, 0.3) is 21.8 Å². The van der Waals surface area contributed by atoms with E-state index in [-0.39, 0.29) is 82.4 Å². The van der Waals surface area contributed by atoms with Gasteiger partial charge in [0.2, 0.25) is 100 Å². The fourth-order valence-corrected chi connectivity index (χ4v) is 17.2. The summed E-state index contributed by atoms with van der Waals surface area (Å²) in [7, 11) is 3.99. The van der Waals surface area contributed by atoms with Crippen molar-refractivity contribution in [3.05, 3.63) is 102 Å². The highest BCUT2D eigenvalue weighted by molar-refractivity contribution is 8.00. The minimum Gasteiger partial charge on any atom is -0.508 e. The van der Waals surface area contributed by atoms with E-state index >= 15 is 33.6 Å². The first-order valence-corrected chi connectivity index (χ1v) is 45.2. The molecule has 3 fully saturated rings. The van der Waals surface area contributed by atoms with Crippen molar-refractivity contribution in [2.75, 3.05) is 58.9 Å². The number of primary amides is 3. The number of carbonyl (C=O) groups excluding carboxylic acids is 18. The standard InChI is InChI=1S/C89H125N19O21S/c1-10-13-24-68-83(123)99-62(34-48(4)5)81(121)103-67(79(119)95-43-75(92)115)46-130-47-76(116)96-63(35-50-27-29-54(110)30-28-50)85(125)104(7)49(6)77(117)100-65(40-74(91)114)88(128)107-33-19-26-69(107)84(124)102-66(45-109)82(122)98-61(31-32-73(90)113)87(127)108-44-55(111)39-71(108)72(112)38-51(36-52-41-93-59-22-17-15-20-56(52)59)78(118)97-58(12-3)80(120)101-64(37-53-42-94-60-23-18-16-21-57(53)60)86(126)106(9)70(25-14-11-2)89(129)105(68)8/h15-18,20-23,27-30,41-42,48-49,51,55,58,61-71,93-94,109-111H,10-14,19,24-26,31-40,43-47H2,1-9H3,(H2,90,113)(H2,91,114)(H2,92,115)(H,95,119)(H,96,116)(H,97,118)(H,98,122)(H,99,123)(H,100,117)(H,101,120)(H,102,124)(H,103,121)/t49-,51+,55+,58-,61-,62-,63-,64-,65-,66-,67-,68-,69-,70-,71-/m0/s1. The fraction of sp³-hybridized carbons (Fsp3) is 0.551. The number of fused-ring (bicyclic) bond motifs is 4. The molecule has 17 amide bonds. The zero-order valence-corrected chi connectivity index (χ0v) is 75.7. The van der Waals surface area contributed by atoms with Crippen molar-refractivity contribution >= 4 is 140 Å². The highest BCUT2D eigenvalue weighted by Gasteiger charge is 2.47. The predicted molar refractivity (Wildman–Crippen MR) is 478 cm³/mol. The SMILES string of the molecule is CCCC[C@H]1C(=O)N(C)[C@@H](CCCC)C(=O)N[C@@H](CC(C)C)C(=O)N[C@H](C(=O)NCC(N)=O)CSCC(=O)N[C@@H](Cc2ccc(O)cc2)C(=O)N(C)[C@@H](C)C(=O)N[C@@H](CC(N)=O)C(=O)N2CCC[C@H]2C(=O)N[C@@H](CO)C(=O)N[C@@H](CCC(N)=O)C(=O)N2C[C@H](O)C[C@H]2C(=O)C[C@@H](Cc2c[nH]c3ccccc23)C(=O)N[C@@H](CC)C(=O)N[C@@H](Cc2c[nH]c3ccccc23)C(=O)N1C. The third kappa shape index (κ3) is 28.2. The average molecular weight is 1830 g/mol. The number of aromatic nitrogens is 2. The molecule has 0 aliphatic carbocycles. The minimum atomic E-state index is -1.91. The van der Waals surface area contributed by atoms with Crippen LogP contribution in [0.3, 0.4) is 0 Å². The maximum absolute atomic E-state index is 15.7. The van der Waals surface area contributed by atoms with Crippen LogP contribution < -0.4 is 65.1 Å². The van der Waals surface area contributed by atoms with Crippen molar-refractivity contribution in [2.45, 2.75) is 242 Å². The quantitative estimate of drug-likeness (QED) is 0.0338. The molecule has 5 heterocycles. The molecule has 3 aliphatic rings. The van der Waals surface area contributed by atoms with E-state index in [1.807, 2.05) is 26.0 Å². The van der Waals surface area contributed by atoms with E-state index in [1.165, 1.54) is 62.1 Å². The number of hydrogen-bond acceptors (Lipinski definition) is 22. The van der Waals surface area contributed by atoms with E-state index in [9.17, 15) is 68.1 Å². The molecule has 0 saturated carbocycles. The number of benzene rings is 3. The van der Waals surface area contributed by atoms with Crippen molar-refractivity contribution in [1.82, 2.24) is 82.3 Å². The van der Waals surface area contributed by atoms with Gasteiger partial charge in [0.15, 0.2) is 5.78 Å². The van der Waals surface area contributed by atoms with Crippen LogP contribution in [0.1, 0.15) is 155 Å². The molecule has 8 rings (SSSR count). The summed E-state index contributed by atoms with van der Waals surface area (Å²) in [5, 5.41) is 57.2. The Kier molecular flexibility index (Phi) is 38.6. The number of carbonyl (C=O) groups is 18. The summed E-state index contributed by atoms with van der Waals surface area (Å²) in [6.07, 6.45) is 0.136. The lowest BCUT2D eigenvalue weighted by Gasteiger charge is -2.36. The predicted octanol–water partition coefficient (Wildman–Crippen LogP) is -1.39. The Morgan fingerprint density at radius 1 is 0.546 bits per heavy atom. The van der Waals surface area contributed by atoms with Crippen molar-refractivity contribution in [3.63, 3.8) is 0 Å². The average Bonchev–Trinajstić information content (AvgIpc) is 1.56. The maximum atomic E-state index is 15.7. The second-order valence-corrected chi connectivity index (χ2v) is 35.0. The highest BCUT2D eigenvalue weighted by Crippen LogP contribution is 2.30. The smallest absolute Gasteiger partial charge is 0.246 e. The zero-order valence-electron chi connectivity index (χ0n) is 74.9. The van der Waals surface area contributed by atoms with Crippen LogP contribution in [0.5, 0.6) is 5.75 Å². The van der Waals surface area contributed by atoms with Gasteiger partial charge in [-0.3, -0.25) is 86.3 Å². The molecule has 2 aromatic heterocycles. The summed E-state index contributed by atoms with van der Waals surface area (Å²) in [4.78, 5) is 272. The van der Waals surface area contributed by atoms with E-state index in [1.54, 1.807) is 69.6 Å². The summed E-state index contributed by atoms with van der Waals surface area (Å²) in [6, 6.07) is -0.139. The first kappa shape index (κ1) is 103. The van der Waals surface area contributed by atoms with E-state index in [0.29, 0.717) is 64.2 Å². The van der Waals surface area contributed by atoms with Gasteiger partial charge in [-0.25, -0.2) is 0 Å². The monoisotopic (exact) mass is 1830 g/mol. The number of amides is 17. The van der Waals surface area contributed by atoms with Crippen molar-refractivity contribution < 1.29 is 102 Å². The van der Waals surface area contributed by atoms with Gasteiger partial charge in [-0.2, -0.15) is 0 Å². The van der Waals surface area contributed by atoms with E-state index in [0.717, 1.165) is 26.5 Å². The van der Waals surface area contributed by atoms with E-state index < -0.39 is 254 Å². The summed E-state index contributed by atoms with van der Waals surface area (Å²) in [6.45, 7) is 7.59. The topological polar surface area (TPSA) is 602 Å². The Morgan fingerprint density at radius 2 is 1.09 bits per heavy atom. The Bertz CT molecular complexity index is 4910. The normalized spacial score (nSPS) is 25.4. The molecule has 20 N–H and O–H groups in total. The van der Waals surface area contributed by atoms with Gasteiger partial charge in [0.1, 0.15) is 78.3 Å². The molecule has 0 spiro atoms. The number of Topliss-reactive ketones (excluding diaryl/α,β-unsaturated/α-hetero) is 1. The van der Waals surface area contributed by atoms with Crippen LogP contribution in [0, 0.1) is 11.8 Å². The molecule has 130 heavy (non-hydrogen) atoms. The minimum absolute atomic E-state index is 0.0427. The Labute approximate surface area is 757 Å². The first-order chi connectivity index (χ1) is 61.8. The van der Waals surface area contributed by atoms with Gasteiger partial charge in [-0.15, -0.1) is 11.8 Å². The van der Waals surface area contributed by atoms with Gasteiger partial charge < -0.3 is 115 Å². The number of hydrogen-bond donors (Lipinski definition) is 17. The lowest BCUT2D eigenvalue weighted by Crippen LogP contribution is -2.60. The molecule has 3 aromatic carbocycles. The van der Waals surface area contributed by atoms with Crippen molar-refractivity contribution in [2.24, 2.45) is 29.0 Å². The van der Waals surface area contributed by atoms with Crippen molar-refractivity contribution in [1.29, 1.82) is 0 Å². The molecular weight excluding hydrogens is 1700 g/mol. The number of aliphatic hydroxyl groups excluding tert-OH is 2. The molecule has 0 radical (unpaired) electrons. The lowest BCUT2D eigenvalue weighted by molar-refractivity contribution is -0.149. The summed E-state index contributed by atoms with van der Waals surface area (Å²) >= 11 is 0.790. The highest BCUT2D eigenvalue weighted by atomic mass is 32.2. The van der Waals surface area contributed by atoms with Gasteiger partial charge in [0.05, 0.1) is 37.5 Å². The van der Waals surface area contributed by atoms with E-state index in [2.05, 4.69) is 57.8 Å². The lowest BCUT2D eigenvalue weighted by atomic mass is 9.90. The molecule has 708 valence electrons. The number of rotatable bonds is 24. The molecule has 5 aromatic rings. The Balaban J connectivity index is 1.18. The number of phenols is 1. The second kappa shape index (κ2) is 48.8. The number of ketones is 1. The third-order valence-electron chi connectivity index (χ3n) is 23.7. The van der Waals surface area contributed by atoms with Crippen molar-refractivity contribution in [3.8, 4) is 5.75 Å². The Morgan fingerprint density at radius 3 is 1.69 bits per heavy atom. The molecule has 0 unspecified atom stereocenters. The molecule has 0 bridgehead atoms. The van der Waals surface area contributed by atoms with Gasteiger partial charge in [0, 0.05) is 112 Å². The van der Waals surface area contributed by atoms with Crippen LogP contribution in [-0.2, 0) is 106 Å². The van der Waals surface area contributed by atoms with Gasteiger partial charge in [-0.1, -0.05) is 109 Å². The number of H-pyrrole nitrogens is 2. The van der Waals surface area contributed by atoms with Crippen LogP contribution in [-0.4, -0.2) is 300 Å². The number of para-hydroxylation sites is 2. The molecular formula is C89H125N19O21S. The maximum Gasteiger partial charge on any atom is 0.246 e. The number of aliphatic hydroxyl groups is 2. The van der Waals surface area contributed by atoms with Gasteiger partial charge in [0.25, 0.3) is 0 Å². The number of likely N-dealkylation sites (N-methyl/N-ethyl adjacent to an activating group) is 3. The van der Waals surface area contributed by atoms with E-state index in [4.69, 9.17) is 17.2 Å². The first-order valence-electron chi connectivity index (χ1n) is 44.0. The summed E-state index contributed by atoms with van der Waals surface area (Å²) < 4.78 is 0. The summed E-state index contributed by atoms with van der Waals surface area (Å²) in [5.74, 6) is -19.4. The number of nitrogens with one attached hydrogen (secondary N) is 11. The number of thioether (sulfide) groups is 1. The summed E-state index contributed by atoms with van der Waals surface area (Å²) in [5.41, 5.74) is 19.6. The molecule has 3 aliphatic heterocycles. The zero-order chi connectivity index (χ0) is 95.5. The third-order valence-corrected chi connectivity index (χ3v) is 24.8. The largest absolute Gasteiger partial charge is 0.508 e. The second-order valence-electron chi connectivity index (χ2n) is 33.9. The number of nitrogens with zero attached hydrogens (tertiary/aromatic N) is 5. The van der Waals surface area contributed by atoms with Gasteiger partial charge in [-0.05, 0) is 105 Å².